The maximum atomic E-state index is 9.34. The minimum atomic E-state index is 0.247. The van der Waals surface area contributed by atoms with Gasteiger partial charge in [0.25, 0.3) is 0 Å². The lowest BCUT2D eigenvalue weighted by atomic mass is 10.1. The summed E-state index contributed by atoms with van der Waals surface area (Å²) >= 11 is 3.58. The van der Waals surface area contributed by atoms with E-state index >= 15 is 0 Å². The van der Waals surface area contributed by atoms with E-state index in [9.17, 15) is 5.11 Å². The van der Waals surface area contributed by atoms with E-state index in [0.29, 0.717) is 12.1 Å². The van der Waals surface area contributed by atoms with Crippen LogP contribution in [-0.2, 0) is 0 Å². The molecular formula is C13H21NOS2. The van der Waals surface area contributed by atoms with E-state index in [1.54, 1.807) is 11.8 Å². The van der Waals surface area contributed by atoms with Gasteiger partial charge in [0.1, 0.15) is 0 Å². The summed E-state index contributed by atoms with van der Waals surface area (Å²) in [6.45, 7) is 2.43. The third kappa shape index (κ3) is 3.47. The van der Waals surface area contributed by atoms with Crippen molar-refractivity contribution in [2.75, 3.05) is 12.9 Å². The molecule has 1 saturated carbocycles. The highest BCUT2D eigenvalue weighted by atomic mass is 32.2. The molecule has 0 bridgehead atoms. The van der Waals surface area contributed by atoms with Gasteiger partial charge >= 0.3 is 0 Å². The summed E-state index contributed by atoms with van der Waals surface area (Å²) in [4.78, 5) is 1.44. The zero-order chi connectivity index (χ0) is 12.3. The van der Waals surface area contributed by atoms with Gasteiger partial charge in [-0.1, -0.05) is 6.07 Å². The first kappa shape index (κ1) is 13.4. The van der Waals surface area contributed by atoms with Crippen molar-refractivity contribution in [1.29, 1.82) is 0 Å². The minimum Gasteiger partial charge on any atom is -0.395 e. The Morgan fingerprint density at radius 3 is 2.82 bits per heavy atom. The van der Waals surface area contributed by atoms with Crippen LogP contribution >= 0.6 is 23.1 Å². The molecule has 1 aromatic rings. The zero-order valence-electron chi connectivity index (χ0n) is 10.4. The number of rotatable bonds is 7. The molecule has 2 nitrogen and oxygen atoms in total. The van der Waals surface area contributed by atoms with Crippen LogP contribution in [0.5, 0.6) is 0 Å². The smallest absolute Gasteiger partial charge is 0.0564 e. The third-order valence-electron chi connectivity index (χ3n) is 3.43. The van der Waals surface area contributed by atoms with Crippen LogP contribution in [0.2, 0.25) is 0 Å². The molecule has 2 N–H and O–H groups in total. The van der Waals surface area contributed by atoms with Crippen molar-refractivity contribution < 1.29 is 5.11 Å². The summed E-state index contributed by atoms with van der Waals surface area (Å²) in [5.74, 6) is 0.803. The predicted octanol–water partition coefficient (Wildman–Crippen LogP) is 2.90. The Kier molecular flexibility index (Phi) is 4.91. The highest BCUT2D eigenvalue weighted by Gasteiger charge is 2.34. The molecule has 1 heterocycles. The zero-order valence-corrected chi connectivity index (χ0v) is 12.1. The summed E-state index contributed by atoms with van der Waals surface area (Å²) in [5.41, 5.74) is 0. The second kappa shape index (κ2) is 6.23. The lowest BCUT2D eigenvalue weighted by Gasteiger charge is -2.27. The van der Waals surface area contributed by atoms with Crippen LogP contribution in [0.4, 0.5) is 0 Å². The molecule has 3 atom stereocenters. The minimum absolute atomic E-state index is 0.247. The molecule has 2 rings (SSSR count). The molecule has 0 aromatic carbocycles. The van der Waals surface area contributed by atoms with Crippen LogP contribution in [0.15, 0.2) is 17.5 Å². The van der Waals surface area contributed by atoms with Gasteiger partial charge < -0.3 is 10.4 Å². The van der Waals surface area contributed by atoms with Gasteiger partial charge in [0.15, 0.2) is 0 Å². The quantitative estimate of drug-likeness (QED) is 0.800. The number of aliphatic hydroxyl groups excluding tert-OH is 1. The maximum absolute atomic E-state index is 9.34. The molecule has 0 aliphatic heterocycles. The van der Waals surface area contributed by atoms with Crippen LogP contribution in [0.25, 0.3) is 0 Å². The van der Waals surface area contributed by atoms with Crippen LogP contribution in [-0.4, -0.2) is 29.3 Å². The van der Waals surface area contributed by atoms with E-state index in [-0.39, 0.29) is 11.9 Å². The summed E-state index contributed by atoms with van der Waals surface area (Å²) in [5, 5.41) is 15.5. The molecular weight excluding hydrogens is 250 g/mol. The molecule has 1 aliphatic carbocycles. The lowest BCUT2D eigenvalue weighted by molar-refractivity contribution is 0.268. The maximum Gasteiger partial charge on any atom is 0.0564 e. The van der Waals surface area contributed by atoms with Crippen LogP contribution in [0, 0.1) is 5.92 Å². The number of aliphatic hydroxyl groups is 1. The second-order valence-corrected chi connectivity index (χ2v) is 6.80. The van der Waals surface area contributed by atoms with Gasteiger partial charge in [-0.3, -0.25) is 0 Å². The number of thiophene rings is 1. The van der Waals surface area contributed by atoms with Gasteiger partial charge in [0.05, 0.1) is 6.61 Å². The number of hydrogen-bond acceptors (Lipinski definition) is 4. The van der Waals surface area contributed by atoms with Gasteiger partial charge in [-0.15, -0.1) is 11.3 Å². The standard InChI is InChI=1S/C13H21NOS2/c1-9(12(8-15)16-2)14-13(10-5-6-10)11-4-3-7-17-11/h3-4,7,9-10,12-15H,5-6,8H2,1-2H3. The molecule has 17 heavy (non-hydrogen) atoms. The van der Waals surface area contributed by atoms with E-state index < -0.39 is 0 Å². The van der Waals surface area contributed by atoms with E-state index in [1.165, 1.54) is 17.7 Å². The topological polar surface area (TPSA) is 32.3 Å². The molecule has 0 spiro atoms. The van der Waals surface area contributed by atoms with Gasteiger partial charge in [-0.05, 0) is 43.4 Å². The van der Waals surface area contributed by atoms with Crippen LogP contribution in [0.3, 0.4) is 0 Å². The van der Waals surface area contributed by atoms with Crippen LogP contribution < -0.4 is 5.32 Å². The molecule has 0 amide bonds. The Morgan fingerprint density at radius 2 is 2.35 bits per heavy atom. The van der Waals surface area contributed by atoms with Crippen molar-refractivity contribution >= 4 is 23.1 Å². The molecule has 1 aromatic heterocycles. The fraction of sp³-hybridized carbons (Fsp3) is 0.692. The van der Waals surface area contributed by atoms with Gasteiger partial charge in [0, 0.05) is 22.2 Å². The first-order valence-electron chi connectivity index (χ1n) is 6.19. The summed E-state index contributed by atoms with van der Waals surface area (Å²) < 4.78 is 0. The first-order chi connectivity index (χ1) is 8.26. The van der Waals surface area contributed by atoms with Crippen molar-refractivity contribution in [3.05, 3.63) is 22.4 Å². The fourth-order valence-corrected chi connectivity index (χ4v) is 3.69. The Balaban J connectivity index is 1.98. The number of nitrogens with one attached hydrogen (secondary N) is 1. The molecule has 3 unspecified atom stereocenters. The normalized spacial score (nSPS) is 21.1. The van der Waals surface area contributed by atoms with Gasteiger partial charge in [-0.25, -0.2) is 0 Å². The van der Waals surface area contributed by atoms with E-state index in [2.05, 4.69) is 36.0 Å². The van der Waals surface area contributed by atoms with Gasteiger partial charge in [0.2, 0.25) is 0 Å². The highest BCUT2D eigenvalue weighted by molar-refractivity contribution is 7.99. The molecule has 96 valence electrons. The lowest BCUT2D eigenvalue weighted by Crippen LogP contribution is -2.40. The molecule has 1 aliphatic rings. The molecule has 0 saturated heterocycles. The Morgan fingerprint density at radius 1 is 1.59 bits per heavy atom. The predicted molar refractivity (Wildman–Crippen MR) is 76.8 cm³/mol. The fourth-order valence-electron chi connectivity index (χ4n) is 2.18. The third-order valence-corrected chi connectivity index (χ3v) is 5.54. The van der Waals surface area contributed by atoms with Crippen molar-refractivity contribution in [3.8, 4) is 0 Å². The van der Waals surface area contributed by atoms with Crippen molar-refractivity contribution in [3.63, 3.8) is 0 Å². The Labute approximate surface area is 112 Å². The molecule has 0 radical (unpaired) electrons. The summed E-state index contributed by atoms with van der Waals surface area (Å²) in [6, 6.07) is 5.19. The van der Waals surface area contributed by atoms with E-state index in [4.69, 9.17) is 0 Å². The average molecular weight is 271 g/mol. The molecule has 4 heteroatoms. The number of hydrogen-bond donors (Lipinski definition) is 2. The summed E-state index contributed by atoms with van der Waals surface area (Å²) in [6.07, 6.45) is 4.74. The van der Waals surface area contributed by atoms with Gasteiger partial charge in [-0.2, -0.15) is 11.8 Å². The highest BCUT2D eigenvalue weighted by Crippen LogP contribution is 2.42. The van der Waals surface area contributed by atoms with E-state index in [1.807, 2.05) is 11.3 Å². The Bertz CT molecular complexity index is 320. The number of thioether (sulfide) groups is 1. The summed E-state index contributed by atoms with van der Waals surface area (Å²) in [7, 11) is 0. The van der Waals surface area contributed by atoms with Crippen LogP contribution in [0.1, 0.15) is 30.7 Å². The monoisotopic (exact) mass is 271 g/mol. The second-order valence-electron chi connectivity index (χ2n) is 4.74. The van der Waals surface area contributed by atoms with Crippen molar-refractivity contribution in [2.24, 2.45) is 5.92 Å². The largest absolute Gasteiger partial charge is 0.395 e. The average Bonchev–Trinajstić information content (AvgIpc) is 3.02. The first-order valence-corrected chi connectivity index (χ1v) is 8.36. The SMILES string of the molecule is CSC(CO)C(C)NC(c1cccs1)C1CC1. The van der Waals surface area contributed by atoms with Crippen molar-refractivity contribution in [2.45, 2.75) is 37.1 Å². The molecule has 1 fully saturated rings. The van der Waals surface area contributed by atoms with E-state index in [0.717, 1.165) is 5.92 Å². The van der Waals surface area contributed by atoms with Crippen molar-refractivity contribution in [1.82, 2.24) is 5.32 Å². The Hall–Kier alpha value is -0.0300.